The van der Waals surface area contributed by atoms with E-state index in [4.69, 9.17) is 4.74 Å². The second kappa shape index (κ2) is 5.04. The molecule has 3 rings (SSSR count). The molecule has 2 aromatic rings. The first-order chi connectivity index (χ1) is 10.2. The number of allylic oxidation sites excluding steroid dienone is 1. The lowest BCUT2D eigenvalue weighted by molar-refractivity contribution is -0.136. The van der Waals surface area contributed by atoms with Gasteiger partial charge >= 0.3 is 5.97 Å². The first-order valence-corrected chi connectivity index (χ1v) is 6.63. The molecule has 0 fully saturated rings. The van der Waals surface area contributed by atoms with Crippen LogP contribution in [0.15, 0.2) is 30.0 Å². The second-order valence-electron chi connectivity index (χ2n) is 4.72. The van der Waals surface area contributed by atoms with Gasteiger partial charge in [-0.1, -0.05) is 0 Å². The molecule has 3 heterocycles. The summed E-state index contributed by atoms with van der Waals surface area (Å²) in [6, 6.07) is -0.392. The zero-order chi connectivity index (χ0) is 15.0. The molecular formula is C13H16N6O2. The average Bonchev–Trinajstić information content (AvgIpc) is 3.13. The van der Waals surface area contributed by atoms with Crippen LogP contribution in [0.5, 0.6) is 0 Å². The summed E-state index contributed by atoms with van der Waals surface area (Å²) in [4.78, 5) is 16.3. The molecule has 1 atom stereocenters. The first-order valence-electron chi connectivity index (χ1n) is 6.63. The molecule has 0 saturated carbocycles. The Morgan fingerprint density at radius 3 is 2.95 bits per heavy atom. The van der Waals surface area contributed by atoms with Crippen molar-refractivity contribution in [1.29, 1.82) is 0 Å². The predicted octanol–water partition coefficient (Wildman–Crippen LogP) is 0.956. The van der Waals surface area contributed by atoms with Gasteiger partial charge in [-0.15, -0.1) is 0 Å². The summed E-state index contributed by atoms with van der Waals surface area (Å²) in [7, 11) is 1.37. The number of esters is 1. The minimum Gasteiger partial charge on any atom is -0.466 e. The molecule has 0 saturated heterocycles. The molecule has 1 aliphatic heterocycles. The highest BCUT2D eigenvalue weighted by atomic mass is 16.5. The van der Waals surface area contributed by atoms with Gasteiger partial charge in [-0.2, -0.15) is 15.2 Å². The van der Waals surface area contributed by atoms with Crippen LogP contribution in [0.4, 0.5) is 5.95 Å². The molecule has 2 aromatic heterocycles. The number of fused-ring (bicyclic) bond motifs is 1. The molecule has 0 unspecified atom stereocenters. The summed E-state index contributed by atoms with van der Waals surface area (Å²) < 4.78 is 8.38. The lowest BCUT2D eigenvalue weighted by Gasteiger charge is -2.26. The van der Waals surface area contributed by atoms with Crippen LogP contribution < -0.4 is 5.32 Å². The van der Waals surface area contributed by atoms with E-state index in [-0.39, 0.29) is 0 Å². The number of nitrogens with zero attached hydrogens (tertiary/aromatic N) is 5. The Morgan fingerprint density at radius 2 is 2.29 bits per heavy atom. The van der Waals surface area contributed by atoms with Crippen LogP contribution in [0, 0.1) is 0 Å². The van der Waals surface area contributed by atoms with Crippen molar-refractivity contribution in [1.82, 2.24) is 24.5 Å². The third-order valence-corrected chi connectivity index (χ3v) is 3.49. The molecule has 0 bridgehead atoms. The van der Waals surface area contributed by atoms with E-state index in [9.17, 15) is 4.79 Å². The lowest BCUT2D eigenvalue weighted by Crippen LogP contribution is -2.29. The van der Waals surface area contributed by atoms with Crippen molar-refractivity contribution in [3.63, 3.8) is 0 Å². The zero-order valence-corrected chi connectivity index (χ0v) is 12.1. The van der Waals surface area contributed by atoms with Gasteiger partial charge in [0.05, 0.1) is 18.9 Å². The van der Waals surface area contributed by atoms with E-state index in [1.54, 1.807) is 15.6 Å². The van der Waals surface area contributed by atoms with Crippen molar-refractivity contribution in [3.05, 3.63) is 35.6 Å². The number of methoxy groups -OCH3 is 1. The highest BCUT2D eigenvalue weighted by Gasteiger charge is 2.34. The number of hydrogen-bond donors (Lipinski definition) is 1. The van der Waals surface area contributed by atoms with Crippen molar-refractivity contribution in [2.45, 2.75) is 26.4 Å². The number of aryl methyl sites for hydroxylation is 1. The fourth-order valence-corrected chi connectivity index (χ4v) is 2.47. The van der Waals surface area contributed by atoms with Crippen molar-refractivity contribution in [2.75, 3.05) is 12.4 Å². The zero-order valence-electron chi connectivity index (χ0n) is 12.1. The molecule has 8 heteroatoms. The van der Waals surface area contributed by atoms with Crippen LogP contribution in [0.2, 0.25) is 0 Å². The quantitative estimate of drug-likeness (QED) is 0.846. The lowest BCUT2D eigenvalue weighted by atomic mass is 9.98. The number of carbonyl (C=O) groups is 1. The number of hydrogen-bond acceptors (Lipinski definition) is 6. The van der Waals surface area contributed by atoms with Gasteiger partial charge in [-0.3, -0.25) is 4.68 Å². The van der Waals surface area contributed by atoms with Gasteiger partial charge in [0.2, 0.25) is 5.95 Å². The van der Waals surface area contributed by atoms with E-state index in [1.807, 2.05) is 20.0 Å². The Hall–Kier alpha value is -2.64. The van der Waals surface area contributed by atoms with Gasteiger partial charge in [0.25, 0.3) is 0 Å². The average molecular weight is 288 g/mol. The molecule has 0 spiro atoms. The second-order valence-corrected chi connectivity index (χ2v) is 4.72. The third kappa shape index (κ3) is 2.08. The summed E-state index contributed by atoms with van der Waals surface area (Å²) >= 11 is 0. The maximum absolute atomic E-state index is 12.2. The highest BCUT2D eigenvalue weighted by molar-refractivity contribution is 5.92. The van der Waals surface area contributed by atoms with Crippen LogP contribution >= 0.6 is 0 Å². The Balaban J connectivity index is 2.15. The number of carbonyl (C=O) groups excluding carboxylic acids is 1. The largest absolute Gasteiger partial charge is 0.466 e. The molecule has 0 radical (unpaired) electrons. The minimum atomic E-state index is -0.393. The van der Waals surface area contributed by atoms with Crippen molar-refractivity contribution in [2.24, 2.45) is 0 Å². The summed E-state index contributed by atoms with van der Waals surface area (Å²) in [5.74, 6) is 0.199. The van der Waals surface area contributed by atoms with Crippen molar-refractivity contribution < 1.29 is 9.53 Å². The van der Waals surface area contributed by atoms with E-state index < -0.39 is 12.0 Å². The number of anilines is 1. The smallest absolute Gasteiger partial charge is 0.338 e. The van der Waals surface area contributed by atoms with Gasteiger partial charge in [0.15, 0.2) is 0 Å². The maximum Gasteiger partial charge on any atom is 0.338 e. The fourth-order valence-electron chi connectivity index (χ4n) is 2.47. The number of aromatic nitrogens is 5. The normalized spacial score (nSPS) is 17.4. The Labute approximate surface area is 121 Å². The van der Waals surface area contributed by atoms with E-state index in [0.717, 1.165) is 12.1 Å². The van der Waals surface area contributed by atoms with E-state index in [1.165, 1.54) is 13.4 Å². The Bertz CT molecular complexity index is 714. The fraction of sp³-hybridized carbons (Fsp3) is 0.385. The van der Waals surface area contributed by atoms with Crippen molar-refractivity contribution in [3.8, 4) is 0 Å². The van der Waals surface area contributed by atoms with Crippen LogP contribution in [0.1, 0.15) is 25.5 Å². The number of ether oxygens (including phenoxy) is 1. The van der Waals surface area contributed by atoms with Gasteiger partial charge < -0.3 is 10.1 Å². The van der Waals surface area contributed by atoms with Crippen LogP contribution in [0.3, 0.4) is 0 Å². The topological polar surface area (TPSA) is 86.9 Å². The van der Waals surface area contributed by atoms with E-state index in [2.05, 4.69) is 20.5 Å². The predicted molar refractivity (Wildman–Crippen MR) is 74.4 cm³/mol. The molecule has 21 heavy (non-hydrogen) atoms. The SMILES string of the molecule is CCn1cc([C@@H]2C(C(=O)OC)=C(C)Nc3ncnn32)cn1. The van der Waals surface area contributed by atoms with Gasteiger partial charge in [0, 0.05) is 24.0 Å². The van der Waals surface area contributed by atoms with Gasteiger partial charge in [-0.25, -0.2) is 9.48 Å². The Morgan fingerprint density at radius 1 is 1.48 bits per heavy atom. The van der Waals surface area contributed by atoms with Crippen molar-refractivity contribution >= 4 is 11.9 Å². The highest BCUT2D eigenvalue weighted by Crippen LogP contribution is 2.34. The molecule has 0 amide bonds. The minimum absolute atomic E-state index is 0.392. The first kappa shape index (κ1) is 13.3. The van der Waals surface area contributed by atoms with Gasteiger partial charge in [0.1, 0.15) is 12.4 Å². The standard InChI is InChI=1S/C13H16N6O2/c1-4-18-6-9(5-15-18)11-10(12(20)21-3)8(2)17-13-14-7-16-19(11)13/h5-7,11H,4H2,1-3H3,(H,14,16,17)/t11-/m1/s1. The molecule has 8 nitrogen and oxygen atoms in total. The maximum atomic E-state index is 12.2. The number of rotatable bonds is 3. The monoisotopic (exact) mass is 288 g/mol. The summed E-state index contributed by atoms with van der Waals surface area (Å²) in [6.07, 6.45) is 5.09. The molecule has 1 N–H and O–H groups in total. The van der Waals surface area contributed by atoms with Gasteiger partial charge in [-0.05, 0) is 13.8 Å². The third-order valence-electron chi connectivity index (χ3n) is 3.49. The molecular weight excluding hydrogens is 272 g/mol. The van der Waals surface area contributed by atoms with Crippen LogP contribution in [-0.4, -0.2) is 37.6 Å². The molecule has 1 aliphatic rings. The van der Waals surface area contributed by atoms with E-state index >= 15 is 0 Å². The molecule has 0 aromatic carbocycles. The summed E-state index contributed by atoms with van der Waals surface area (Å²) in [6.45, 7) is 4.58. The summed E-state index contributed by atoms with van der Waals surface area (Å²) in [5.41, 5.74) is 2.08. The summed E-state index contributed by atoms with van der Waals surface area (Å²) in [5, 5.41) is 11.6. The van der Waals surface area contributed by atoms with Crippen LogP contribution in [0.25, 0.3) is 0 Å². The molecule has 110 valence electrons. The Kier molecular flexibility index (Phi) is 3.20. The van der Waals surface area contributed by atoms with Crippen LogP contribution in [-0.2, 0) is 16.1 Å². The number of nitrogens with one attached hydrogen (secondary N) is 1. The van der Waals surface area contributed by atoms with E-state index in [0.29, 0.717) is 17.2 Å². The molecule has 0 aliphatic carbocycles.